The maximum absolute atomic E-state index is 13.2. The number of nitrogens with zero attached hydrogens (tertiary/aromatic N) is 5. The molecule has 1 atom stereocenters. The molecule has 1 aliphatic rings. The van der Waals surface area contributed by atoms with Gasteiger partial charge in [0.1, 0.15) is 12.4 Å². The maximum atomic E-state index is 13.2. The van der Waals surface area contributed by atoms with E-state index in [-0.39, 0.29) is 12.0 Å². The van der Waals surface area contributed by atoms with Crippen LogP contribution in [0, 0.1) is 6.92 Å². The summed E-state index contributed by atoms with van der Waals surface area (Å²) in [5.74, 6) is 0.585. The van der Waals surface area contributed by atoms with Crippen molar-refractivity contribution in [3.05, 3.63) is 59.0 Å². The Balaban J connectivity index is 1.47. The minimum Gasteiger partial charge on any atom is -0.368 e. The van der Waals surface area contributed by atoms with Crippen molar-refractivity contribution in [2.75, 3.05) is 19.7 Å². The van der Waals surface area contributed by atoms with Crippen LogP contribution < -0.4 is 0 Å². The number of amides is 1. The van der Waals surface area contributed by atoms with Gasteiger partial charge in [0, 0.05) is 27.7 Å². The zero-order valence-corrected chi connectivity index (χ0v) is 15.5. The maximum Gasteiger partial charge on any atom is 0.255 e. The van der Waals surface area contributed by atoms with Gasteiger partial charge in [0.2, 0.25) is 0 Å². The second-order valence-corrected chi connectivity index (χ2v) is 7.46. The van der Waals surface area contributed by atoms with Crippen LogP contribution in [-0.2, 0) is 4.74 Å². The summed E-state index contributed by atoms with van der Waals surface area (Å²) >= 11 is 1.60. The Morgan fingerprint density at radius 1 is 1.33 bits per heavy atom. The van der Waals surface area contributed by atoms with Crippen LogP contribution in [0.3, 0.4) is 0 Å². The number of ether oxygens (including phenoxy) is 1. The number of thiophene rings is 1. The summed E-state index contributed by atoms with van der Waals surface area (Å²) < 4.78 is 8.78. The summed E-state index contributed by atoms with van der Waals surface area (Å²) in [6.45, 7) is 3.45. The van der Waals surface area contributed by atoms with Crippen molar-refractivity contribution in [3.8, 4) is 0 Å². The van der Waals surface area contributed by atoms with Gasteiger partial charge < -0.3 is 9.64 Å². The van der Waals surface area contributed by atoms with Crippen LogP contribution in [0.5, 0.6) is 0 Å². The first-order chi connectivity index (χ1) is 13.2. The predicted octanol–water partition coefficient (Wildman–Crippen LogP) is 2.86. The fraction of sp³-hybridized carbons (Fsp3) is 0.263. The van der Waals surface area contributed by atoms with E-state index < -0.39 is 0 Å². The minimum atomic E-state index is -0.265. The number of carbonyl (C=O) groups is 1. The topological polar surface area (TPSA) is 72.6 Å². The molecule has 0 radical (unpaired) electrons. The number of rotatable bonds is 2. The van der Waals surface area contributed by atoms with E-state index in [0.717, 1.165) is 27.0 Å². The minimum absolute atomic E-state index is 0.0429. The van der Waals surface area contributed by atoms with Crippen molar-refractivity contribution in [3.63, 3.8) is 0 Å². The van der Waals surface area contributed by atoms with Gasteiger partial charge in [0.05, 0.1) is 24.4 Å². The van der Waals surface area contributed by atoms with Crippen LogP contribution in [0.2, 0.25) is 0 Å². The lowest BCUT2D eigenvalue weighted by Crippen LogP contribution is -2.42. The summed E-state index contributed by atoms with van der Waals surface area (Å²) in [6, 6.07) is 9.95. The van der Waals surface area contributed by atoms with E-state index in [9.17, 15) is 4.79 Å². The van der Waals surface area contributed by atoms with E-state index in [0.29, 0.717) is 25.5 Å². The highest BCUT2D eigenvalue weighted by atomic mass is 32.1. The molecule has 0 spiro atoms. The van der Waals surface area contributed by atoms with Gasteiger partial charge in [-0.25, -0.2) is 4.98 Å². The standard InChI is InChI=1S/C19H17N5O2S/c1-12-8-15(24-19(22-12)20-11-21-24)16-9-23(6-7-26-16)18(25)14-10-27-17-5-3-2-4-13(14)17/h2-5,8,10-11,16H,6-7,9H2,1H3. The monoisotopic (exact) mass is 379 g/mol. The number of hydrogen-bond acceptors (Lipinski definition) is 6. The van der Waals surface area contributed by atoms with Crippen molar-refractivity contribution in [2.24, 2.45) is 0 Å². The van der Waals surface area contributed by atoms with Crippen molar-refractivity contribution >= 4 is 33.1 Å². The molecule has 0 N–H and O–H groups in total. The molecule has 7 nitrogen and oxygen atoms in total. The molecule has 0 saturated carbocycles. The van der Waals surface area contributed by atoms with Gasteiger partial charge >= 0.3 is 0 Å². The van der Waals surface area contributed by atoms with Crippen LogP contribution >= 0.6 is 11.3 Å². The highest BCUT2D eigenvalue weighted by Crippen LogP contribution is 2.29. The number of hydrogen-bond donors (Lipinski definition) is 0. The number of benzene rings is 1. The van der Waals surface area contributed by atoms with Gasteiger partial charge in [-0.05, 0) is 19.1 Å². The SMILES string of the molecule is Cc1cc(C2CN(C(=O)c3csc4ccccc34)CCO2)n2ncnc2n1. The molecule has 3 aromatic heterocycles. The van der Waals surface area contributed by atoms with Crippen LogP contribution in [0.1, 0.15) is 27.8 Å². The largest absolute Gasteiger partial charge is 0.368 e. The van der Waals surface area contributed by atoms with Crippen LogP contribution in [-0.4, -0.2) is 50.1 Å². The molecular weight excluding hydrogens is 362 g/mol. The van der Waals surface area contributed by atoms with Crippen LogP contribution in [0.4, 0.5) is 0 Å². The van der Waals surface area contributed by atoms with Gasteiger partial charge in [0.25, 0.3) is 11.7 Å². The van der Waals surface area contributed by atoms with E-state index in [4.69, 9.17) is 4.74 Å². The molecular formula is C19H17N5O2S. The summed E-state index contributed by atoms with van der Waals surface area (Å²) in [5, 5.41) is 7.21. The zero-order chi connectivity index (χ0) is 18.4. The van der Waals surface area contributed by atoms with Crippen molar-refractivity contribution in [1.82, 2.24) is 24.5 Å². The average molecular weight is 379 g/mol. The number of fused-ring (bicyclic) bond motifs is 2. The van der Waals surface area contributed by atoms with E-state index >= 15 is 0 Å². The highest BCUT2D eigenvalue weighted by Gasteiger charge is 2.29. The molecule has 1 aromatic carbocycles. The van der Waals surface area contributed by atoms with Gasteiger partial charge in [-0.3, -0.25) is 4.79 Å². The first-order valence-corrected chi connectivity index (χ1v) is 9.63. The van der Waals surface area contributed by atoms with Crippen molar-refractivity contribution in [1.29, 1.82) is 0 Å². The Morgan fingerprint density at radius 2 is 2.22 bits per heavy atom. The Morgan fingerprint density at radius 3 is 3.15 bits per heavy atom. The fourth-order valence-corrected chi connectivity index (χ4v) is 4.45. The molecule has 1 fully saturated rings. The molecule has 0 aliphatic carbocycles. The van der Waals surface area contributed by atoms with Gasteiger partial charge in [0.15, 0.2) is 0 Å². The second-order valence-electron chi connectivity index (χ2n) is 6.55. The third kappa shape index (κ3) is 2.77. The molecule has 0 bridgehead atoms. The third-order valence-electron chi connectivity index (χ3n) is 4.80. The Bertz CT molecular complexity index is 1150. The quantitative estimate of drug-likeness (QED) is 0.535. The van der Waals surface area contributed by atoms with E-state index in [1.807, 2.05) is 47.5 Å². The summed E-state index contributed by atoms with van der Waals surface area (Å²) in [4.78, 5) is 23.6. The molecule has 1 amide bonds. The molecule has 5 rings (SSSR count). The molecule has 8 heteroatoms. The molecule has 136 valence electrons. The lowest BCUT2D eigenvalue weighted by molar-refractivity contribution is -0.0256. The molecule has 27 heavy (non-hydrogen) atoms. The molecule has 1 aliphatic heterocycles. The normalized spacial score (nSPS) is 17.7. The van der Waals surface area contributed by atoms with Gasteiger partial charge in [-0.1, -0.05) is 18.2 Å². The molecule has 1 saturated heterocycles. The van der Waals surface area contributed by atoms with Crippen molar-refractivity contribution < 1.29 is 9.53 Å². The Kier molecular flexibility index (Phi) is 3.87. The lowest BCUT2D eigenvalue weighted by atomic mass is 10.1. The van der Waals surface area contributed by atoms with E-state index in [1.54, 1.807) is 15.9 Å². The number of aryl methyl sites for hydroxylation is 1. The average Bonchev–Trinajstić information content (AvgIpc) is 3.33. The number of aromatic nitrogens is 4. The second kappa shape index (κ2) is 6.40. The first kappa shape index (κ1) is 16.3. The Labute approximate surface area is 159 Å². The molecule has 4 heterocycles. The Hall–Kier alpha value is -2.84. The molecule has 1 unspecified atom stereocenters. The van der Waals surface area contributed by atoms with Crippen molar-refractivity contribution in [2.45, 2.75) is 13.0 Å². The predicted molar refractivity (Wildman–Crippen MR) is 102 cm³/mol. The highest BCUT2D eigenvalue weighted by molar-refractivity contribution is 7.17. The van der Waals surface area contributed by atoms with Crippen LogP contribution in [0.25, 0.3) is 15.9 Å². The number of morpholine rings is 1. The number of carbonyl (C=O) groups excluding carboxylic acids is 1. The summed E-state index contributed by atoms with van der Waals surface area (Å²) in [7, 11) is 0. The molecule has 4 aromatic rings. The van der Waals surface area contributed by atoms with Crippen LogP contribution in [0.15, 0.2) is 42.0 Å². The lowest BCUT2D eigenvalue weighted by Gasteiger charge is -2.33. The summed E-state index contributed by atoms with van der Waals surface area (Å²) in [5.41, 5.74) is 2.47. The smallest absolute Gasteiger partial charge is 0.255 e. The first-order valence-electron chi connectivity index (χ1n) is 8.75. The summed E-state index contributed by atoms with van der Waals surface area (Å²) in [6.07, 6.45) is 1.22. The fourth-order valence-electron chi connectivity index (χ4n) is 3.51. The third-order valence-corrected chi connectivity index (χ3v) is 5.77. The van der Waals surface area contributed by atoms with E-state index in [1.165, 1.54) is 6.33 Å². The van der Waals surface area contributed by atoms with Gasteiger partial charge in [-0.2, -0.15) is 14.6 Å². The zero-order valence-electron chi connectivity index (χ0n) is 14.7. The van der Waals surface area contributed by atoms with E-state index in [2.05, 4.69) is 15.1 Å². The van der Waals surface area contributed by atoms with Gasteiger partial charge in [-0.15, -0.1) is 11.3 Å².